The summed E-state index contributed by atoms with van der Waals surface area (Å²) in [6.07, 6.45) is 3.07. The fourth-order valence-corrected chi connectivity index (χ4v) is 2.45. The van der Waals surface area contributed by atoms with Crippen LogP contribution in [0.15, 0.2) is 30.5 Å². The highest BCUT2D eigenvalue weighted by molar-refractivity contribution is 5.97. The van der Waals surface area contributed by atoms with Crippen LogP contribution in [-0.4, -0.2) is 23.7 Å². The SMILES string of the molecule is CC1OCCC1Nc1ccnc2c(N)cccc12. The Morgan fingerprint density at radius 1 is 1.39 bits per heavy atom. The second-order valence-corrected chi connectivity index (χ2v) is 4.72. The zero-order chi connectivity index (χ0) is 12.5. The third kappa shape index (κ3) is 1.88. The Morgan fingerprint density at radius 3 is 3.06 bits per heavy atom. The van der Waals surface area contributed by atoms with E-state index in [4.69, 9.17) is 10.5 Å². The van der Waals surface area contributed by atoms with Crippen LogP contribution in [0.1, 0.15) is 13.3 Å². The number of nitrogen functional groups attached to an aromatic ring is 1. The van der Waals surface area contributed by atoms with E-state index in [9.17, 15) is 0 Å². The maximum Gasteiger partial charge on any atom is 0.0951 e. The van der Waals surface area contributed by atoms with Gasteiger partial charge < -0.3 is 15.8 Å². The molecule has 3 N–H and O–H groups in total. The van der Waals surface area contributed by atoms with Gasteiger partial charge in [0.05, 0.1) is 23.3 Å². The predicted octanol–water partition coefficient (Wildman–Crippen LogP) is 2.41. The van der Waals surface area contributed by atoms with Crippen LogP contribution < -0.4 is 11.1 Å². The lowest BCUT2D eigenvalue weighted by Crippen LogP contribution is -2.26. The fraction of sp³-hybridized carbons (Fsp3) is 0.357. The minimum Gasteiger partial charge on any atom is -0.397 e. The predicted molar refractivity (Wildman–Crippen MR) is 73.6 cm³/mol. The molecule has 1 saturated heterocycles. The van der Waals surface area contributed by atoms with Crippen molar-refractivity contribution in [1.82, 2.24) is 4.98 Å². The minimum atomic E-state index is 0.245. The summed E-state index contributed by atoms with van der Waals surface area (Å²) in [6, 6.07) is 8.23. The van der Waals surface area contributed by atoms with Crippen LogP contribution in [0.2, 0.25) is 0 Å². The lowest BCUT2D eigenvalue weighted by Gasteiger charge is -2.18. The molecule has 0 amide bonds. The fourth-order valence-electron chi connectivity index (χ4n) is 2.45. The number of hydrogen-bond donors (Lipinski definition) is 2. The highest BCUT2D eigenvalue weighted by atomic mass is 16.5. The van der Waals surface area contributed by atoms with Crippen LogP contribution in [-0.2, 0) is 4.74 Å². The molecule has 3 rings (SSSR count). The van der Waals surface area contributed by atoms with Gasteiger partial charge in [0.1, 0.15) is 0 Å². The number of nitrogens with two attached hydrogens (primary N) is 1. The molecule has 1 aromatic heterocycles. The van der Waals surface area contributed by atoms with Gasteiger partial charge in [-0.25, -0.2) is 0 Å². The molecule has 1 aromatic carbocycles. The number of nitrogens with one attached hydrogen (secondary N) is 1. The largest absolute Gasteiger partial charge is 0.397 e. The van der Waals surface area contributed by atoms with Gasteiger partial charge >= 0.3 is 0 Å². The Bertz CT molecular complexity index is 570. The molecule has 0 bridgehead atoms. The quantitative estimate of drug-likeness (QED) is 0.795. The van der Waals surface area contributed by atoms with E-state index in [-0.39, 0.29) is 6.10 Å². The van der Waals surface area contributed by atoms with Crippen molar-refractivity contribution in [1.29, 1.82) is 0 Å². The van der Waals surface area contributed by atoms with E-state index in [2.05, 4.69) is 17.2 Å². The molecule has 1 aliphatic heterocycles. The van der Waals surface area contributed by atoms with Gasteiger partial charge in [-0.2, -0.15) is 0 Å². The van der Waals surface area contributed by atoms with Crippen molar-refractivity contribution in [3.8, 4) is 0 Å². The Hall–Kier alpha value is -1.81. The topological polar surface area (TPSA) is 60.2 Å². The number of rotatable bonds is 2. The first kappa shape index (κ1) is 11.3. The van der Waals surface area contributed by atoms with Gasteiger partial charge in [0.25, 0.3) is 0 Å². The molecule has 18 heavy (non-hydrogen) atoms. The standard InChI is InChI=1S/C14H17N3O/c1-9-12(6-8-18-9)17-13-5-7-16-14-10(13)3-2-4-11(14)15/h2-5,7,9,12H,6,8,15H2,1H3,(H,16,17). The first-order chi connectivity index (χ1) is 8.75. The summed E-state index contributed by atoms with van der Waals surface area (Å²) in [4.78, 5) is 4.34. The third-order valence-corrected chi connectivity index (χ3v) is 3.52. The van der Waals surface area contributed by atoms with Gasteiger partial charge in [0.2, 0.25) is 0 Å². The second-order valence-electron chi connectivity index (χ2n) is 4.72. The Morgan fingerprint density at radius 2 is 2.28 bits per heavy atom. The van der Waals surface area contributed by atoms with E-state index in [0.717, 1.165) is 29.6 Å². The van der Waals surface area contributed by atoms with Crippen molar-refractivity contribution in [2.45, 2.75) is 25.5 Å². The number of benzene rings is 1. The van der Waals surface area contributed by atoms with Gasteiger partial charge in [-0.1, -0.05) is 12.1 Å². The molecular weight excluding hydrogens is 226 g/mol. The number of fused-ring (bicyclic) bond motifs is 1. The first-order valence-electron chi connectivity index (χ1n) is 6.27. The summed E-state index contributed by atoms with van der Waals surface area (Å²) in [5, 5.41) is 4.61. The lowest BCUT2D eigenvalue weighted by molar-refractivity contribution is 0.121. The summed E-state index contributed by atoms with van der Waals surface area (Å²) < 4.78 is 5.57. The van der Waals surface area contributed by atoms with Gasteiger partial charge in [0, 0.05) is 23.9 Å². The molecule has 4 heteroatoms. The number of aromatic nitrogens is 1. The van der Waals surface area contributed by atoms with Crippen LogP contribution in [0.4, 0.5) is 11.4 Å². The molecular formula is C14H17N3O. The first-order valence-corrected chi connectivity index (χ1v) is 6.27. The van der Waals surface area contributed by atoms with Crippen LogP contribution >= 0.6 is 0 Å². The Kier molecular flexibility index (Phi) is 2.80. The van der Waals surface area contributed by atoms with E-state index in [1.165, 1.54) is 0 Å². The average Bonchev–Trinajstić information content (AvgIpc) is 2.77. The van der Waals surface area contributed by atoms with Crippen LogP contribution in [0.5, 0.6) is 0 Å². The normalized spacial score (nSPS) is 23.4. The number of para-hydroxylation sites is 1. The van der Waals surface area contributed by atoms with Gasteiger partial charge in [0.15, 0.2) is 0 Å². The van der Waals surface area contributed by atoms with Crippen molar-refractivity contribution < 1.29 is 4.74 Å². The van der Waals surface area contributed by atoms with Crippen LogP contribution in [0, 0.1) is 0 Å². The molecule has 2 aromatic rings. The highest BCUT2D eigenvalue weighted by Crippen LogP contribution is 2.27. The number of pyridine rings is 1. The molecule has 0 saturated carbocycles. The molecule has 1 aliphatic rings. The number of ether oxygens (including phenoxy) is 1. The van der Waals surface area contributed by atoms with Crippen LogP contribution in [0.3, 0.4) is 0 Å². The maximum atomic E-state index is 5.95. The third-order valence-electron chi connectivity index (χ3n) is 3.52. The average molecular weight is 243 g/mol. The summed E-state index contributed by atoms with van der Waals surface area (Å²) in [6.45, 7) is 2.92. The van der Waals surface area contributed by atoms with E-state index >= 15 is 0 Å². The van der Waals surface area contributed by atoms with Crippen molar-refractivity contribution in [2.75, 3.05) is 17.7 Å². The molecule has 94 valence electrons. The molecule has 2 atom stereocenters. The zero-order valence-corrected chi connectivity index (χ0v) is 10.4. The van der Waals surface area contributed by atoms with Crippen molar-refractivity contribution in [2.24, 2.45) is 0 Å². The lowest BCUT2D eigenvalue weighted by atomic mass is 10.1. The molecule has 1 fully saturated rings. The summed E-state index contributed by atoms with van der Waals surface area (Å²) in [5.41, 5.74) is 8.59. The van der Waals surface area contributed by atoms with Crippen molar-refractivity contribution >= 4 is 22.3 Å². The molecule has 2 unspecified atom stereocenters. The second kappa shape index (κ2) is 4.46. The molecule has 0 radical (unpaired) electrons. The molecule has 2 heterocycles. The van der Waals surface area contributed by atoms with E-state index in [0.29, 0.717) is 11.7 Å². The zero-order valence-electron chi connectivity index (χ0n) is 10.4. The van der Waals surface area contributed by atoms with Crippen LogP contribution in [0.25, 0.3) is 10.9 Å². The number of hydrogen-bond acceptors (Lipinski definition) is 4. The summed E-state index contributed by atoms with van der Waals surface area (Å²) >= 11 is 0. The molecule has 4 nitrogen and oxygen atoms in total. The molecule has 0 aliphatic carbocycles. The Labute approximate surface area is 106 Å². The van der Waals surface area contributed by atoms with E-state index in [1.54, 1.807) is 6.20 Å². The molecule has 0 spiro atoms. The monoisotopic (exact) mass is 243 g/mol. The summed E-state index contributed by atoms with van der Waals surface area (Å²) in [5.74, 6) is 0. The number of nitrogens with zero attached hydrogens (tertiary/aromatic N) is 1. The Balaban J connectivity index is 1.99. The maximum absolute atomic E-state index is 5.95. The smallest absolute Gasteiger partial charge is 0.0951 e. The summed E-state index contributed by atoms with van der Waals surface area (Å²) in [7, 11) is 0. The van der Waals surface area contributed by atoms with Crippen molar-refractivity contribution in [3.05, 3.63) is 30.5 Å². The van der Waals surface area contributed by atoms with E-state index in [1.807, 2.05) is 24.3 Å². The highest BCUT2D eigenvalue weighted by Gasteiger charge is 2.24. The van der Waals surface area contributed by atoms with Gasteiger partial charge in [-0.05, 0) is 25.5 Å². The van der Waals surface area contributed by atoms with E-state index < -0.39 is 0 Å². The van der Waals surface area contributed by atoms with Gasteiger partial charge in [-0.3, -0.25) is 4.98 Å². The van der Waals surface area contributed by atoms with Gasteiger partial charge in [-0.15, -0.1) is 0 Å². The minimum absolute atomic E-state index is 0.245. The number of anilines is 2. The van der Waals surface area contributed by atoms with Crippen molar-refractivity contribution in [3.63, 3.8) is 0 Å².